The summed E-state index contributed by atoms with van der Waals surface area (Å²) in [4.78, 5) is 35.3. The highest BCUT2D eigenvalue weighted by atomic mass is 16.6. The van der Waals surface area contributed by atoms with Gasteiger partial charge in [-0.2, -0.15) is 0 Å². The molecule has 1 atom stereocenters. The van der Waals surface area contributed by atoms with Crippen LogP contribution in [0.1, 0.15) is 66.2 Å². The zero-order valence-corrected chi connectivity index (χ0v) is 18.1. The first-order valence-corrected chi connectivity index (χ1v) is 10.3. The highest BCUT2D eigenvalue weighted by Gasteiger charge is 2.30. The van der Waals surface area contributed by atoms with Crippen molar-refractivity contribution < 1.29 is 24.0 Å². The summed E-state index contributed by atoms with van der Waals surface area (Å²) in [5, 5.41) is 11.9. The lowest BCUT2D eigenvalue weighted by Gasteiger charge is -2.33. The molecule has 1 aromatic rings. The third-order valence-electron chi connectivity index (χ3n) is 4.90. The Balaban J connectivity index is 2.05. The largest absolute Gasteiger partial charge is 0.442 e. The average Bonchev–Trinajstić information content (AvgIpc) is 2.65. The lowest BCUT2D eigenvalue weighted by Crippen LogP contribution is -2.53. The number of nitrogens with one attached hydrogen (secondary N) is 1. The summed E-state index contributed by atoms with van der Waals surface area (Å²) in [6, 6.07) is 4.83. The summed E-state index contributed by atoms with van der Waals surface area (Å²) < 4.78 is 10.6. The Morgan fingerprint density at radius 1 is 1.20 bits per heavy atom. The second-order valence-corrected chi connectivity index (χ2v) is 8.69. The van der Waals surface area contributed by atoms with E-state index in [9.17, 15) is 19.7 Å². The summed E-state index contributed by atoms with van der Waals surface area (Å²) in [5.41, 5.74) is 1.65. The van der Waals surface area contributed by atoms with Gasteiger partial charge in [0.05, 0.1) is 11.0 Å². The first kappa shape index (κ1) is 23.4. The maximum Gasteiger partial charge on any atom is 0.431 e. The molecule has 166 valence electrons. The minimum atomic E-state index is -0.870. The third-order valence-corrected chi connectivity index (χ3v) is 4.90. The first-order chi connectivity index (χ1) is 14.0. The van der Waals surface area contributed by atoms with E-state index >= 15 is 0 Å². The van der Waals surface area contributed by atoms with Gasteiger partial charge >= 0.3 is 12.2 Å². The van der Waals surface area contributed by atoms with Gasteiger partial charge in [-0.15, -0.1) is 0 Å². The summed E-state index contributed by atoms with van der Waals surface area (Å²) in [7, 11) is 0. The number of hydrogen-bond donors (Lipinski definition) is 1. The molecule has 0 aliphatic heterocycles. The standard InChI is InChI=1S/C21H31N3O6/c1-15(14-16-8-6-5-7-9-16)23(20(26)30-21(2,3)4)22-19(25)29-18-12-10-17(11-13-18)24(27)28/h10-13,15-16H,5-9,14H2,1-4H3,(H,22,25)/t15-/m0/s1. The van der Waals surface area contributed by atoms with Gasteiger partial charge in [-0.1, -0.05) is 32.1 Å². The molecule has 2 rings (SSSR count). The van der Waals surface area contributed by atoms with Crippen molar-refractivity contribution in [2.24, 2.45) is 5.92 Å². The van der Waals surface area contributed by atoms with Crippen LogP contribution in [0.3, 0.4) is 0 Å². The Morgan fingerprint density at radius 3 is 2.33 bits per heavy atom. The summed E-state index contributed by atoms with van der Waals surface area (Å²) >= 11 is 0. The van der Waals surface area contributed by atoms with Crippen LogP contribution in [-0.2, 0) is 4.74 Å². The van der Waals surface area contributed by atoms with Crippen molar-refractivity contribution in [3.63, 3.8) is 0 Å². The fraction of sp³-hybridized carbons (Fsp3) is 0.619. The molecule has 0 bridgehead atoms. The third kappa shape index (κ3) is 7.53. The monoisotopic (exact) mass is 421 g/mol. The molecule has 0 aromatic heterocycles. The molecule has 0 unspecified atom stereocenters. The van der Waals surface area contributed by atoms with Gasteiger partial charge in [0.2, 0.25) is 0 Å². The minimum Gasteiger partial charge on any atom is -0.442 e. The zero-order valence-electron chi connectivity index (χ0n) is 18.1. The van der Waals surface area contributed by atoms with E-state index in [2.05, 4.69) is 5.43 Å². The summed E-state index contributed by atoms with van der Waals surface area (Å²) in [6.07, 6.45) is 5.03. The molecule has 9 heteroatoms. The summed E-state index contributed by atoms with van der Waals surface area (Å²) in [6.45, 7) is 7.13. The molecular formula is C21H31N3O6. The van der Waals surface area contributed by atoms with E-state index < -0.39 is 22.7 Å². The van der Waals surface area contributed by atoms with Gasteiger partial charge in [-0.25, -0.2) is 20.0 Å². The van der Waals surface area contributed by atoms with Crippen LogP contribution >= 0.6 is 0 Å². The van der Waals surface area contributed by atoms with Crippen LogP contribution in [0.15, 0.2) is 24.3 Å². The molecule has 1 fully saturated rings. The van der Waals surface area contributed by atoms with Crippen LogP contribution in [0.2, 0.25) is 0 Å². The van der Waals surface area contributed by atoms with E-state index in [0.717, 1.165) is 19.3 Å². The number of nitro groups is 1. The number of benzene rings is 1. The predicted molar refractivity (Wildman–Crippen MR) is 111 cm³/mol. The summed E-state index contributed by atoms with van der Waals surface area (Å²) in [5.74, 6) is 0.619. The van der Waals surface area contributed by atoms with Crippen molar-refractivity contribution in [3.8, 4) is 5.75 Å². The smallest absolute Gasteiger partial charge is 0.431 e. The molecule has 30 heavy (non-hydrogen) atoms. The maximum absolute atomic E-state index is 12.7. The molecule has 1 saturated carbocycles. The highest BCUT2D eigenvalue weighted by Crippen LogP contribution is 2.28. The van der Waals surface area contributed by atoms with Gasteiger partial charge in [-0.05, 0) is 52.2 Å². The molecular weight excluding hydrogens is 390 g/mol. The van der Waals surface area contributed by atoms with Gasteiger partial charge in [-0.3, -0.25) is 10.1 Å². The number of nitrogens with zero attached hydrogens (tertiary/aromatic N) is 2. The van der Waals surface area contributed by atoms with Gasteiger partial charge in [0.1, 0.15) is 11.4 Å². The SMILES string of the molecule is C[C@@H](CC1CCCCC1)N(NC(=O)Oc1ccc([N+](=O)[O-])cc1)C(=O)OC(C)(C)C. The van der Waals surface area contributed by atoms with E-state index in [0.29, 0.717) is 5.92 Å². The fourth-order valence-corrected chi connectivity index (χ4v) is 3.52. The van der Waals surface area contributed by atoms with Crippen LogP contribution < -0.4 is 10.2 Å². The van der Waals surface area contributed by atoms with Crippen molar-refractivity contribution in [2.45, 2.75) is 77.9 Å². The predicted octanol–water partition coefficient (Wildman–Crippen LogP) is 5.19. The van der Waals surface area contributed by atoms with E-state index in [1.807, 2.05) is 6.92 Å². The van der Waals surface area contributed by atoms with Gasteiger partial charge in [0.15, 0.2) is 0 Å². The second kappa shape index (κ2) is 10.3. The number of carbonyl (C=O) groups is 2. The Morgan fingerprint density at radius 2 is 1.80 bits per heavy atom. The molecule has 0 saturated heterocycles. The Labute approximate surface area is 176 Å². The van der Waals surface area contributed by atoms with E-state index in [1.54, 1.807) is 20.8 Å². The van der Waals surface area contributed by atoms with E-state index in [1.165, 1.54) is 48.5 Å². The Hall–Kier alpha value is -2.84. The molecule has 1 N–H and O–H groups in total. The topological polar surface area (TPSA) is 111 Å². The number of ether oxygens (including phenoxy) is 2. The fourth-order valence-electron chi connectivity index (χ4n) is 3.52. The van der Waals surface area contributed by atoms with Crippen molar-refractivity contribution in [1.82, 2.24) is 10.4 Å². The average molecular weight is 421 g/mol. The van der Waals surface area contributed by atoms with Crippen LogP contribution in [0.25, 0.3) is 0 Å². The molecule has 0 heterocycles. The molecule has 0 spiro atoms. The maximum atomic E-state index is 12.7. The number of amides is 2. The molecule has 1 aliphatic carbocycles. The Kier molecular flexibility index (Phi) is 8.02. The van der Waals surface area contributed by atoms with Crippen molar-refractivity contribution in [1.29, 1.82) is 0 Å². The number of rotatable bonds is 5. The Bertz CT molecular complexity index is 738. The second-order valence-electron chi connectivity index (χ2n) is 8.69. The van der Waals surface area contributed by atoms with Crippen LogP contribution in [0.4, 0.5) is 15.3 Å². The number of non-ortho nitro benzene ring substituents is 1. The quantitative estimate of drug-likeness (QED) is 0.517. The van der Waals surface area contributed by atoms with Gasteiger partial charge in [0, 0.05) is 12.1 Å². The van der Waals surface area contributed by atoms with Crippen molar-refractivity contribution in [2.75, 3.05) is 0 Å². The number of nitro benzene ring substituents is 1. The first-order valence-electron chi connectivity index (χ1n) is 10.3. The van der Waals surface area contributed by atoms with Crippen LogP contribution in [0, 0.1) is 16.0 Å². The molecule has 2 amide bonds. The van der Waals surface area contributed by atoms with E-state index in [-0.39, 0.29) is 17.5 Å². The lowest BCUT2D eigenvalue weighted by molar-refractivity contribution is -0.384. The molecule has 1 aromatic carbocycles. The molecule has 0 radical (unpaired) electrons. The zero-order chi connectivity index (χ0) is 22.3. The molecule has 9 nitrogen and oxygen atoms in total. The van der Waals surface area contributed by atoms with Gasteiger partial charge < -0.3 is 9.47 Å². The number of carbonyl (C=O) groups excluding carboxylic acids is 2. The molecule has 1 aliphatic rings. The lowest BCUT2D eigenvalue weighted by atomic mass is 9.85. The normalized spacial score (nSPS) is 15.7. The highest BCUT2D eigenvalue weighted by molar-refractivity contribution is 5.76. The van der Waals surface area contributed by atoms with Gasteiger partial charge in [0.25, 0.3) is 5.69 Å². The van der Waals surface area contributed by atoms with Crippen molar-refractivity contribution >= 4 is 17.9 Å². The van der Waals surface area contributed by atoms with E-state index in [4.69, 9.17) is 9.47 Å². The van der Waals surface area contributed by atoms with Crippen LogP contribution in [-0.4, -0.2) is 33.8 Å². The number of hydrogen-bond acceptors (Lipinski definition) is 6. The van der Waals surface area contributed by atoms with Crippen molar-refractivity contribution in [3.05, 3.63) is 34.4 Å². The number of hydrazine groups is 1. The minimum absolute atomic E-state index is 0.112. The van der Waals surface area contributed by atoms with Crippen LogP contribution in [0.5, 0.6) is 5.75 Å².